The predicted octanol–water partition coefficient (Wildman–Crippen LogP) is 2.78. The van der Waals surface area contributed by atoms with Crippen molar-refractivity contribution in [3.63, 3.8) is 0 Å². The zero-order valence-corrected chi connectivity index (χ0v) is 11.8. The molecule has 19 heavy (non-hydrogen) atoms. The van der Waals surface area contributed by atoms with Crippen LogP contribution in [0, 0.1) is 0 Å². The molecule has 0 radical (unpaired) electrons. The van der Waals surface area contributed by atoms with Crippen molar-refractivity contribution in [2.24, 2.45) is 0 Å². The SMILES string of the molecule is CCCNc1nc(NC(CC)CC)c2cn[nH]c2n1. The molecule has 0 amide bonds. The lowest BCUT2D eigenvalue weighted by Gasteiger charge is -2.16. The van der Waals surface area contributed by atoms with Gasteiger partial charge in [0.05, 0.1) is 11.6 Å². The third kappa shape index (κ3) is 3.13. The molecule has 0 saturated heterocycles. The van der Waals surface area contributed by atoms with E-state index in [1.807, 2.05) is 0 Å². The first-order chi connectivity index (χ1) is 9.28. The second-order valence-electron chi connectivity index (χ2n) is 4.61. The molecule has 0 atom stereocenters. The van der Waals surface area contributed by atoms with Crippen molar-refractivity contribution in [1.29, 1.82) is 0 Å². The van der Waals surface area contributed by atoms with E-state index in [0.717, 1.165) is 42.7 Å². The highest BCUT2D eigenvalue weighted by Crippen LogP contribution is 2.21. The molecule has 2 rings (SSSR count). The molecule has 0 saturated carbocycles. The molecule has 3 N–H and O–H groups in total. The lowest BCUT2D eigenvalue weighted by molar-refractivity contribution is 0.669. The van der Waals surface area contributed by atoms with E-state index in [0.29, 0.717) is 12.0 Å². The van der Waals surface area contributed by atoms with Crippen LogP contribution < -0.4 is 10.6 Å². The van der Waals surface area contributed by atoms with Gasteiger partial charge in [0.2, 0.25) is 5.95 Å². The number of rotatable bonds is 7. The third-order valence-electron chi connectivity index (χ3n) is 3.17. The van der Waals surface area contributed by atoms with Gasteiger partial charge in [-0.3, -0.25) is 5.10 Å². The number of H-pyrrole nitrogens is 1. The Labute approximate surface area is 113 Å². The number of anilines is 2. The zero-order valence-electron chi connectivity index (χ0n) is 11.8. The Morgan fingerprint density at radius 3 is 2.68 bits per heavy atom. The second-order valence-corrected chi connectivity index (χ2v) is 4.61. The van der Waals surface area contributed by atoms with Crippen LogP contribution in [0.5, 0.6) is 0 Å². The summed E-state index contributed by atoms with van der Waals surface area (Å²) in [5, 5.41) is 14.6. The number of hydrogen-bond acceptors (Lipinski definition) is 5. The Hall–Kier alpha value is -1.85. The third-order valence-corrected chi connectivity index (χ3v) is 3.17. The summed E-state index contributed by atoms with van der Waals surface area (Å²) in [7, 11) is 0. The number of fused-ring (bicyclic) bond motifs is 1. The van der Waals surface area contributed by atoms with Gasteiger partial charge in [0.25, 0.3) is 0 Å². The number of aromatic amines is 1. The summed E-state index contributed by atoms with van der Waals surface area (Å²) in [5.41, 5.74) is 0.766. The molecule has 0 fully saturated rings. The summed E-state index contributed by atoms with van der Waals surface area (Å²) in [6.07, 6.45) is 4.94. The molecule has 0 aromatic carbocycles. The van der Waals surface area contributed by atoms with E-state index >= 15 is 0 Å². The van der Waals surface area contributed by atoms with Crippen LogP contribution >= 0.6 is 0 Å². The Morgan fingerprint density at radius 1 is 1.21 bits per heavy atom. The fourth-order valence-electron chi connectivity index (χ4n) is 1.95. The molecule has 2 aromatic heterocycles. The Balaban J connectivity index is 2.30. The zero-order chi connectivity index (χ0) is 13.7. The van der Waals surface area contributed by atoms with Gasteiger partial charge in [-0.2, -0.15) is 15.1 Å². The molecule has 104 valence electrons. The van der Waals surface area contributed by atoms with Crippen LogP contribution in [-0.4, -0.2) is 32.8 Å². The van der Waals surface area contributed by atoms with Gasteiger partial charge < -0.3 is 10.6 Å². The Morgan fingerprint density at radius 2 is 2.00 bits per heavy atom. The topological polar surface area (TPSA) is 78.5 Å². The van der Waals surface area contributed by atoms with Crippen molar-refractivity contribution < 1.29 is 0 Å². The largest absolute Gasteiger partial charge is 0.367 e. The van der Waals surface area contributed by atoms with E-state index in [9.17, 15) is 0 Å². The molecule has 0 aliphatic carbocycles. The van der Waals surface area contributed by atoms with Crippen LogP contribution in [0.4, 0.5) is 11.8 Å². The summed E-state index contributed by atoms with van der Waals surface area (Å²) in [4.78, 5) is 8.97. The molecule has 0 bridgehead atoms. The van der Waals surface area contributed by atoms with Crippen molar-refractivity contribution in [3.8, 4) is 0 Å². The summed E-state index contributed by atoms with van der Waals surface area (Å²) in [5.74, 6) is 1.50. The average Bonchev–Trinajstić information content (AvgIpc) is 2.90. The summed E-state index contributed by atoms with van der Waals surface area (Å²) >= 11 is 0. The van der Waals surface area contributed by atoms with Gasteiger partial charge in [0.1, 0.15) is 5.82 Å². The minimum atomic E-state index is 0.423. The van der Waals surface area contributed by atoms with E-state index < -0.39 is 0 Å². The van der Waals surface area contributed by atoms with Crippen LogP contribution in [0.1, 0.15) is 40.0 Å². The van der Waals surface area contributed by atoms with Crippen LogP contribution in [-0.2, 0) is 0 Å². The van der Waals surface area contributed by atoms with Crippen LogP contribution in [0.15, 0.2) is 6.20 Å². The first kappa shape index (κ1) is 13.6. The minimum absolute atomic E-state index is 0.423. The van der Waals surface area contributed by atoms with E-state index in [1.165, 1.54) is 0 Å². The normalized spacial score (nSPS) is 11.2. The smallest absolute Gasteiger partial charge is 0.226 e. The summed E-state index contributed by atoms with van der Waals surface area (Å²) < 4.78 is 0. The van der Waals surface area contributed by atoms with Crippen LogP contribution in [0.2, 0.25) is 0 Å². The first-order valence-corrected chi connectivity index (χ1v) is 6.99. The standard InChI is InChI=1S/C13H22N6/c1-4-7-14-13-17-11(16-9(5-2)6-3)10-8-15-19-12(10)18-13/h8-9H,4-7H2,1-3H3,(H3,14,15,16,17,18,19). The highest BCUT2D eigenvalue weighted by Gasteiger charge is 2.12. The van der Waals surface area contributed by atoms with Gasteiger partial charge in [0, 0.05) is 12.6 Å². The fraction of sp³-hybridized carbons (Fsp3) is 0.615. The van der Waals surface area contributed by atoms with Crippen molar-refractivity contribution in [3.05, 3.63) is 6.20 Å². The van der Waals surface area contributed by atoms with E-state index in [2.05, 4.69) is 51.6 Å². The lowest BCUT2D eigenvalue weighted by atomic mass is 10.2. The monoisotopic (exact) mass is 262 g/mol. The average molecular weight is 262 g/mol. The quantitative estimate of drug-likeness (QED) is 0.715. The highest BCUT2D eigenvalue weighted by atomic mass is 15.2. The van der Waals surface area contributed by atoms with Crippen molar-refractivity contribution >= 4 is 22.8 Å². The molecule has 6 heteroatoms. The van der Waals surface area contributed by atoms with Gasteiger partial charge in [-0.15, -0.1) is 0 Å². The van der Waals surface area contributed by atoms with Gasteiger partial charge in [-0.1, -0.05) is 20.8 Å². The van der Waals surface area contributed by atoms with Crippen LogP contribution in [0.25, 0.3) is 11.0 Å². The highest BCUT2D eigenvalue weighted by molar-refractivity contribution is 5.87. The molecule has 0 aliphatic rings. The van der Waals surface area contributed by atoms with Gasteiger partial charge in [-0.05, 0) is 19.3 Å². The summed E-state index contributed by atoms with van der Waals surface area (Å²) in [6.45, 7) is 7.32. The number of nitrogens with zero attached hydrogens (tertiary/aromatic N) is 3. The second kappa shape index (κ2) is 6.36. The molecule has 0 unspecified atom stereocenters. The van der Waals surface area contributed by atoms with Gasteiger partial charge in [-0.25, -0.2) is 0 Å². The van der Waals surface area contributed by atoms with Gasteiger partial charge in [0.15, 0.2) is 5.65 Å². The maximum Gasteiger partial charge on any atom is 0.226 e. The van der Waals surface area contributed by atoms with E-state index in [1.54, 1.807) is 6.20 Å². The molecule has 0 spiro atoms. The van der Waals surface area contributed by atoms with Crippen molar-refractivity contribution in [2.75, 3.05) is 17.2 Å². The number of hydrogen-bond donors (Lipinski definition) is 3. The number of nitrogens with one attached hydrogen (secondary N) is 3. The lowest BCUT2D eigenvalue weighted by Crippen LogP contribution is -2.18. The Bertz CT molecular complexity index is 517. The van der Waals surface area contributed by atoms with E-state index in [-0.39, 0.29) is 0 Å². The molecule has 0 aliphatic heterocycles. The fourth-order valence-corrected chi connectivity index (χ4v) is 1.95. The molecule has 2 heterocycles. The minimum Gasteiger partial charge on any atom is -0.367 e. The van der Waals surface area contributed by atoms with Crippen molar-refractivity contribution in [2.45, 2.75) is 46.1 Å². The molecule has 6 nitrogen and oxygen atoms in total. The van der Waals surface area contributed by atoms with Crippen LogP contribution in [0.3, 0.4) is 0 Å². The Kier molecular flexibility index (Phi) is 4.54. The maximum absolute atomic E-state index is 4.55. The number of aromatic nitrogens is 4. The molecular formula is C13H22N6. The summed E-state index contributed by atoms with van der Waals surface area (Å²) in [6, 6.07) is 0.423. The predicted molar refractivity (Wildman–Crippen MR) is 78.5 cm³/mol. The first-order valence-electron chi connectivity index (χ1n) is 6.99. The maximum atomic E-state index is 4.55. The van der Waals surface area contributed by atoms with Crippen molar-refractivity contribution in [1.82, 2.24) is 20.2 Å². The molecule has 2 aromatic rings. The van der Waals surface area contributed by atoms with E-state index in [4.69, 9.17) is 0 Å². The van der Waals surface area contributed by atoms with Gasteiger partial charge >= 0.3 is 0 Å². The molecular weight excluding hydrogens is 240 g/mol.